The van der Waals surface area contributed by atoms with Crippen molar-refractivity contribution < 1.29 is 27.5 Å². The third-order valence-corrected chi connectivity index (χ3v) is 5.10. The summed E-state index contributed by atoms with van der Waals surface area (Å²) in [5.41, 5.74) is 0.206. The van der Waals surface area contributed by atoms with Gasteiger partial charge in [0.05, 0.1) is 5.56 Å². The van der Waals surface area contributed by atoms with E-state index in [-0.39, 0.29) is 24.0 Å². The maximum Gasteiger partial charge on any atom is 0.416 e. The van der Waals surface area contributed by atoms with Crippen molar-refractivity contribution in [2.75, 3.05) is 32.8 Å². The van der Waals surface area contributed by atoms with E-state index < -0.39 is 11.7 Å². The molecule has 0 unspecified atom stereocenters. The summed E-state index contributed by atoms with van der Waals surface area (Å²) in [7, 11) is 0. The molecule has 0 bridgehead atoms. The standard InChI is InChI=1S/C21H20ClF3N2O3/c1-14-12-17(22)6-7-18(14)30-13-19(28)26-8-10-27(11-9-26)20(29)15-2-4-16(5-3-15)21(23,24)25/h2-7,12H,8-11,13H2,1H3. The van der Waals surface area contributed by atoms with Gasteiger partial charge in [-0.05, 0) is 55.0 Å². The first-order chi connectivity index (χ1) is 14.1. The van der Waals surface area contributed by atoms with Crippen LogP contribution in [0.5, 0.6) is 5.75 Å². The highest BCUT2D eigenvalue weighted by atomic mass is 35.5. The zero-order valence-electron chi connectivity index (χ0n) is 16.2. The summed E-state index contributed by atoms with van der Waals surface area (Å²) in [6, 6.07) is 9.25. The number of halogens is 4. The molecule has 0 N–H and O–H groups in total. The van der Waals surface area contributed by atoms with Gasteiger partial charge in [0, 0.05) is 36.8 Å². The quantitative estimate of drug-likeness (QED) is 0.721. The molecule has 2 aromatic carbocycles. The molecule has 30 heavy (non-hydrogen) atoms. The van der Waals surface area contributed by atoms with Gasteiger partial charge in [-0.15, -0.1) is 0 Å². The van der Waals surface area contributed by atoms with E-state index in [1.165, 1.54) is 17.0 Å². The van der Waals surface area contributed by atoms with E-state index in [2.05, 4.69) is 0 Å². The summed E-state index contributed by atoms with van der Waals surface area (Å²) in [6.45, 7) is 2.95. The average molecular weight is 441 g/mol. The van der Waals surface area contributed by atoms with Crippen LogP contribution in [-0.2, 0) is 11.0 Å². The molecule has 1 saturated heterocycles. The number of benzene rings is 2. The van der Waals surface area contributed by atoms with Crippen LogP contribution in [0.3, 0.4) is 0 Å². The number of rotatable bonds is 4. The Balaban J connectivity index is 1.51. The Bertz CT molecular complexity index is 924. The highest BCUT2D eigenvalue weighted by molar-refractivity contribution is 6.30. The first-order valence-corrected chi connectivity index (χ1v) is 9.66. The van der Waals surface area contributed by atoms with Crippen LogP contribution in [0.4, 0.5) is 13.2 Å². The van der Waals surface area contributed by atoms with Crippen molar-refractivity contribution in [2.45, 2.75) is 13.1 Å². The van der Waals surface area contributed by atoms with Crippen LogP contribution < -0.4 is 4.74 Å². The third kappa shape index (κ3) is 5.24. The number of hydrogen-bond donors (Lipinski definition) is 0. The van der Waals surface area contributed by atoms with Gasteiger partial charge in [0.2, 0.25) is 0 Å². The van der Waals surface area contributed by atoms with Gasteiger partial charge in [-0.1, -0.05) is 11.6 Å². The summed E-state index contributed by atoms with van der Waals surface area (Å²) < 4.78 is 43.5. The smallest absolute Gasteiger partial charge is 0.416 e. The molecule has 1 aliphatic rings. The molecule has 1 heterocycles. The lowest BCUT2D eigenvalue weighted by Gasteiger charge is -2.34. The molecule has 0 radical (unpaired) electrons. The Labute approximate surface area is 177 Å². The average Bonchev–Trinajstić information content (AvgIpc) is 2.72. The topological polar surface area (TPSA) is 49.9 Å². The van der Waals surface area contributed by atoms with Crippen molar-refractivity contribution in [1.82, 2.24) is 9.80 Å². The molecule has 0 aromatic heterocycles. The minimum atomic E-state index is -4.44. The zero-order chi connectivity index (χ0) is 21.9. The maximum absolute atomic E-state index is 12.7. The second-order valence-electron chi connectivity index (χ2n) is 6.95. The van der Waals surface area contributed by atoms with Crippen LogP contribution in [0, 0.1) is 6.92 Å². The van der Waals surface area contributed by atoms with E-state index in [0.29, 0.717) is 37.0 Å². The van der Waals surface area contributed by atoms with Gasteiger partial charge in [-0.25, -0.2) is 0 Å². The fraction of sp³-hybridized carbons (Fsp3) is 0.333. The first-order valence-electron chi connectivity index (χ1n) is 9.28. The van der Waals surface area contributed by atoms with Gasteiger partial charge in [-0.2, -0.15) is 13.2 Å². The molecular formula is C21H20ClF3N2O3. The van der Waals surface area contributed by atoms with Crippen molar-refractivity contribution in [2.24, 2.45) is 0 Å². The van der Waals surface area contributed by atoms with Gasteiger partial charge < -0.3 is 14.5 Å². The number of aryl methyl sites for hydroxylation is 1. The minimum Gasteiger partial charge on any atom is -0.483 e. The Morgan fingerprint density at radius 3 is 2.17 bits per heavy atom. The van der Waals surface area contributed by atoms with E-state index >= 15 is 0 Å². The van der Waals surface area contributed by atoms with Crippen LogP contribution in [0.15, 0.2) is 42.5 Å². The lowest BCUT2D eigenvalue weighted by molar-refractivity contribution is -0.137. The number of carbonyl (C=O) groups excluding carboxylic acids is 2. The summed E-state index contributed by atoms with van der Waals surface area (Å²) >= 11 is 5.90. The number of carbonyl (C=O) groups is 2. The van der Waals surface area contributed by atoms with Gasteiger partial charge in [0.1, 0.15) is 5.75 Å². The summed E-state index contributed by atoms with van der Waals surface area (Å²) in [5.74, 6) is 0.0127. The molecule has 0 atom stereocenters. The Hall–Kier alpha value is -2.74. The fourth-order valence-corrected chi connectivity index (χ4v) is 3.38. The highest BCUT2D eigenvalue weighted by Crippen LogP contribution is 2.29. The van der Waals surface area contributed by atoms with E-state index in [9.17, 15) is 22.8 Å². The number of piperazine rings is 1. The molecule has 3 rings (SSSR count). The predicted molar refractivity (Wildman–Crippen MR) is 106 cm³/mol. The van der Waals surface area contributed by atoms with Crippen molar-refractivity contribution >= 4 is 23.4 Å². The molecule has 1 fully saturated rings. The fourth-order valence-electron chi connectivity index (χ4n) is 3.15. The second kappa shape index (κ2) is 8.95. The van der Waals surface area contributed by atoms with Crippen molar-refractivity contribution in [3.05, 3.63) is 64.2 Å². The van der Waals surface area contributed by atoms with Crippen LogP contribution in [0.2, 0.25) is 5.02 Å². The first kappa shape index (κ1) is 22.0. The Morgan fingerprint density at radius 2 is 1.60 bits per heavy atom. The number of alkyl halides is 3. The summed E-state index contributed by atoms with van der Waals surface area (Å²) in [4.78, 5) is 28.0. The molecule has 0 spiro atoms. The SMILES string of the molecule is Cc1cc(Cl)ccc1OCC(=O)N1CCN(C(=O)c2ccc(C(F)(F)F)cc2)CC1. The van der Waals surface area contributed by atoms with Crippen molar-refractivity contribution in [3.8, 4) is 5.75 Å². The Kier molecular flexibility index (Phi) is 6.55. The van der Waals surface area contributed by atoms with Gasteiger partial charge >= 0.3 is 6.18 Å². The molecule has 9 heteroatoms. The van der Waals surface area contributed by atoms with Crippen molar-refractivity contribution in [1.29, 1.82) is 0 Å². The Morgan fingerprint density at radius 1 is 1.00 bits per heavy atom. The molecule has 2 amide bonds. The van der Waals surface area contributed by atoms with Crippen LogP contribution in [0.25, 0.3) is 0 Å². The van der Waals surface area contributed by atoms with Crippen molar-refractivity contribution in [3.63, 3.8) is 0 Å². The number of ether oxygens (including phenoxy) is 1. The summed E-state index contributed by atoms with van der Waals surface area (Å²) in [6.07, 6.45) is -4.44. The lowest BCUT2D eigenvalue weighted by atomic mass is 10.1. The lowest BCUT2D eigenvalue weighted by Crippen LogP contribution is -2.51. The van der Waals surface area contributed by atoms with Crippen LogP contribution >= 0.6 is 11.6 Å². The van der Waals surface area contributed by atoms with Gasteiger partial charge in [-0.3, -0.25) is 9.59 Å². The normalized spacial score (nSPS) is 14.6. The number of amides is 2. The van der Waals surface area contributed by atoms with E-state index in [4.69, 9.17) is 16.3 Å². The summed E-state index contributed by atoms with van der Waals surface area (Å²) in [5, 5.41) is 0.583. The molecule has 2 aromatic rings. The van der Waals surface area contributed by atoms with E-state index in [1.54, 1.807) is 23.1 Å². The number of nitrogens with zero attached hydrogens (tertiary/aromatic N) is 2. The van der Waals surface area contributed by atoms with E-state index in [0.717, 1.165) is 17.7 Å². The predicted octanol–water partition coefficient (Wildman–Crippen LogP) is 4.03. The van der Waals surface area contributed by atoms with Crippen LogP contribution in [0.1, 0.15) is 21.5 Å². The molecular weight excluding hydrogens is 421 g/mol. The monoisotopic (exact) mass is 440 g/mol. The molecule has 0 saturated carbocycles. The zero-order valence-corrected chi connectivity index (χ0v) is 17.0. The maximum atomic E-state index is 12.7. The van der Waals surface area contributed by atoms with Crippen LogP contribution in [-0.4, -0.2) is 54.4 Å². The van der Waals surface area contributed by atoms with Gasteiger partial charge in [0.25, 0.3) is 11.8 Å². The molecule has 5 nitrogen and oxygen atoms in total. The highest BCUT2D eigenvalue weighted by Gasteiger charge is 2.31. The molecule has 0 aliphatic carbocycles. The minimum absolute atomic E-state index is 0.130. The largest absolute Gasteiger partial charge is 0.483 e. The number of hydrogen-bond acceptors (Lipinski definition) is 3. The van der Waals surface area contributed by atoms with Gasteiger partial charge in [0.15, 0.2) is 6.61 Å². The molecule has 1 aliphatic heterocycles. The third-order valence-electron chi connectivity index (χ3n) is 4.87. The molecule has 160 valence electrons. The van der Waals surface area contributed by atoms with E-state index in [1.807, 2.05) is 6.92 Å². The second-order valence-corrected chi connectivity index (χ2v) is 7.38.